The number of fused-ring (bicyclic) bond motifs is 2. The first-order chi connectivity index (χ1) is 15.6. The van der Waals surface area contributed by atoms with E-state index in [0.29, 0.717) is 29.2 Å². The molecule has 1 fully saturated rings. The molecule has 0 aliphatic carbocycles. The fourth-order valence-corrected chi connectivity index (χ4v) is 5.71. The second-order valence-electron chi connectivity index (χ2n) is 8.93. The number of anilines is 1. The van der Waals surface area contributed by atoms with Crippen LogP contribution in [0.4, 0.5) is 10.1 Å². The molecule has 10 heteroatoms. The molecule has 4 rings (SSSR count). The molecule has 2 aromatic rings. The number of rotatable bonds is 6. The van der Waals surface area contributed by atoms with Crippen LogP contribution in [0.2, 0.25) is 10.0 Å². The summed E-state index contributed by atoms with van der Waals surface area (Å²) in [6.45, 7) is 3.72. The van der Waals surface area contributed by atoms with E-state index in [2.05, 4.69) is 5.32 Å². The van der Waals surface area contributed by atoms with Crippen LogP contribution in [0.15, 0.2) is 36.4 Å². The lowest BCUT2D eigenvalue weighted by molar-refractivity contribution is -0.528. The van der Waals surface area contributed by atoms with E-state index >= 15 is 4.39 Å². The minimum absolute atomic E-state index is 0.0346. The summed E-state index contributed by atoms with van der Waals surface area (Å²) in [5.74, 6) is -2.34. The van der Waals surface area contributed by atoms with Crippen LogP contribution >= 0.6 is 23.2 Å². The van der Waals surface area contributed by atoms with Crippen molar-refractivity contribution in [3.63, 3.8) is 0 Å². The Balaban J connectivity index is 2.06. The van der Waals surface area contributed by atoms with Gasteiger partial charge in [-0.15, -0.1) is 0 Å². The summed E-state index contributed by atoms with van der Waals surface area (Å²) < 4.78 is 15.4. The van der Waals surface area contributed by atoms with Crippen molar-refractivity contribution < 1.29 is 19.2 Å². The van der Waals surface area contributed by atoms with Gasteiger partial charge < -0.3 is 10.4 Å². The first-order valence-corrected chi connectivity index (χ1v) is 11.5. The van der Waals surface area contributed by atoms with Crippen molar-refractivity contribution in [2.75, 3.05) is 18.5 Å². The van der Waals surface area contributed by atoms with E-state index in [4.69, 9.17) is 23.2 Å². The lowest BCUT2D eigenvalue weighted by Gasteiger charge is -2.38. The van der Waals surface area contributed by atoms with E-state index in [1.165, 1.54) is 18.2 Å². The molecule has 0 bridgehead atoms. The Hall–Kier alpha value is -2.26. The number of aliphatic hydroxyl groups is 1. The van der Waals surface area contributed by atoms with Crippen LogP contribution in [-0.4, -0.2) is 46.1 Å². The molecule has 176 valence electrons. The molecule has 0 saturated carbocycles. The predicted molar refractivity (Wildman–Crippen MR) is 124 cm³/mol. The van der Waals surface area contributed by atoms with Gasteiger partial charge in [-0.2, -0.15) is 0 Å². The Labute approximate surface area is 200 Å². The van der Waals surface area contributed by atoms with Crippen LogP contribution < -0.4 is 5.32 Å². The molecule has 2 aromatic carbocycles. The molecule has 2 heterocycles. The Morgan fingerprint density at radius 1 is 1.30 bits per heavy atom. The van der Waals surface area contributed by atoms with Gasteiger partial charge in [0.2, 0.25) is 6.04 Å². The lowest BCUT2D eigenvalue weighted by Crippen LogP contribution is -2.53. The van der Waals surface area contributed by atoms with Gasteiger partial charge in [0.05, 0.1) is 17.5 Å². The second kappa shape index (κ2) is 8.83. The molecule has 2 N–H and O–H groups in total. The summed E-state index contributed by atoms with van der Waals surface area (Å²) >= 11 is 12.2. The third-order valence-electron chi connectivity index (χ3n) is 6.72. The van der Waals surface area contributed by atoms with Gasteiger partial charge in [-0.3, -0.25) is 19.8 Å². The van der Waals surface area contributed by atoms with Crippen molar-refractivity contribution in [1.29, 1.82) is 0 Å². The molecule has 0 unspecified atom stereocenters. The van der Waals surface area contributed by atoms with E-state index in [9.17, 15) is 20.0 Å². The number of amides is 1. The standard InChI is InChI=1S/C23H24Cl2FN3O4/c1-12(2)8-9-28-18(11-30)21(29(32)33)19(14-4-3-5-16(25)20(14)26)23(28)15-7-6-13(24)10-17(15)27-22(23)31/h3-7,10,12,18-19,21,30H,8-9,11H2,1-2H3,(H,27,31)/t18-,19-,21+,23+/m0/s1. The maximum absolute atomic E-state index is 15.4. The summed E-state index contributed by atoms with van der Waals surface area (Å²) in [5, 5.41) is 25.7. The zero-order valence-corrected chi connectivity index (χ0v) is 19.6. The normalized spacial score (nSPS) is 26.8. The zero-order valence-electron chi connectivity index (χ0n) is 18.1. The number of carbonyl (C=O) groups is 1. The zero-order chi connectivity index (χ0) is 24.1. The lowest BCUT2D eigenvalue weighted by atomic mass is 9.73. The highest BCUT2D eigenvalue weighted by atomic mass is 35.5. The first kappa shape index (κ1) is 23.9. The summed E-state index contributed by atoms with van der Waals surface area (Å²) in [5.41, 5.74) is -0.776. The quantitative estimate of drug-likeness (QED) is 0.456. The summed E-state index contributed by atoms with van der Waals surface area (Å²) in [6.07, 6.45) is 0.615. The maximum atomic E-state index is 15.4. The van der Waals surface area contributed by atoms with Crippen molar-refractivity contribution in [3.8, 4) is 0 Å². The number of aliphatic hydroxyl groups excluding tert-OH is 1. The van der Waals surface area contributed by atoms with Gasteiger partial charge in [0.1, 0.15) is 17.4 Å². The predicted octanol–water partition coefficient (Wildman–Crippen LogP) is 4.43. The van der Waals surface area contributed by atoms with Crippen molar-refractivity contribution in [1.82, 2.24) is 4.90 Å². The van der Waals surface area contributed by atoms with Gasteiger partial charge >= 0.3 is 0 Å². The molecule has 2 aliphatic rings. The summed E-state index contributed by atoms with van der Waals surface area (Å²) in [7, 11) is 0. The highest BCUT2D eigenvalue weighted by Gasteiger charge is 2.71. The number of halogens is 3. The Morgan fingerprint density at radius 3 is 2.67 bits per heavy atom. The van der Waals surface area contributed by atoms with Crippen LogP contribution in [-0.2, 0) is 10.3 Å². The number of nitrogens with one attached hydrogen (secondary N) is 1. The summed E-state index contributed by atoms with van der Waals surface area (Å²) in [6, 6.07) is 6.62. The third-order valence-corrected chi connectivity index (χ3v) is 7.25. The molecule has 0 radical (unpaired) electrons. The highest BCUT2D eigenvalue weighted by Crippen LogP contribution is 2.58. The molecule has 1 spiro atoms. The molecule has 2 aliphatic heterocycles. The van der Waals surface area contributed by atoms with Crippen LogP contribution in [0.1, 0.15) is 37.3 Å². The topological polar surface area (TPSA) is 95.7 Å². The largest absolute Gasteiger partial charge is 0.394 e. The minimum Gasteiger partial charge on any atom is -0.394 e. The smallest absolute Gasteiger partial charge is 0.250 e. The molecule has 33 heavy (non-hydrogen) atoms. The third kappa shape index (κ3) is 3.60. The van der Waals surface area contributed by atoms with Gasteiger partial charge in [-0.1, -0.05) is 55.2 Å². The van der Waals surface area contributed by atoms with Crippen LogP contribution in [0.5, 0.6) is 0 Å². The van der Waals surface area contributed by atoms with Crippen molar-refractivity contribution in [2.24, 2.45) is 5.92 Å². The van der Waals surface area contributed by atoms with E-state index < -0.39 is 46.8 Å². The van der Waals surface area contributed by atoms with Gasteiger partial charge in [0.25, 0.3) is 5.91 Å². The molecule has 4 atom stereocenters. The Kier molecular flexibility index (Phi) is 6.39. The molecular formula is C23H24Cl2FN3O4. The number of benzene rings is 2. The van der Waals surface area contributed by atoms with Gasteiger partial charge in [-0.25, -0.2) is 4.39 Å². The fraction of sp³-hybridized carbons (Fsp3) is 0.435. The summed E-state index contributed by atoms with van der Waals surface area (Å²) in [4.78, 5) is 27.3. The number of hydrogen-bond donors (Lipinski definition) is 2. The van der Waals surface area contributed by atoms with Gasteiger partial charge in [0.15, 0.2) is 0 Å². The minimum atomic E-state index is -1.62. The van der Waals surface area contributed by atoms with Crippen LogP contribution in [0.25, 0.3) is 0 Å². The number of likely N-dealkylation sites (tertiary alicyclic amines) is 1. The van der Waals surface area contributed by atoms with E-state index in [0.717, 1.165) is 0 Å². The SMILES string of the molecule is CC(C)CCN1[C@@H](CO)[C@@H]([N+](=O)[O-])[C@H](c2cccc(Cl)c2F)[C@]12C(=O)Nc1cc(Cl)ccc12. The number of nitro groups is 1. The number of nitrogens with zero attached hydrogens (tertiary/aromatic N) is 2. The van der Waals surface area contributed by atoms with E-state index in [-0.39, 0.29) is 16.5 Å². The molecule has 7 nitrogen and oxygen atoms in total. The Morgan fingerprint density at radius 2 is 2.03 bits per heavy atom. The molecular weight excluding hydrogens is 472 g/mol. The van der Waals surface area contributed by atoms with Crippen molar-refractivity contribution >= 4 is 34.8 Å². The molecule has 1 amide bonds. The van der Waals surface area contributed by atoms with E-state index in [1.54, 1.807) is 23.1 Å². The van der Waals surface area contributed by atoms with Crippen LogP contribution in [0, 0.1) is 21.8 Å². The second-order valence-corrected chi connectivity index (χ2v) is 9.78. The molecule has 0 aromatic heterocycles. The molecule has 1 saturated heterocycles. The van der Waals surface area contributed by atoms with Gasteiger partial charge in [0, 0.05) is 33.3 Å². The average Bonchev–Trinajstić information content (AvgIpc) is 3.20. The Bertz CT molecular complexity index is 1120. The van der Waals surface area contributed by atoms with E-state index in [1.807, 2.05) is 13.8 Å². The van der Waals surface area contributed by atoms with Crippen molar-refractivity contribution in [2.45, 2.75) is 43.8 Å². The average molecular weight is 496 g/mol. The van der Waals surface area contributed by atoms with Gasteiger partial charge in [-0.05, 0) is 30.5 Å². The number of carbonyl (C=O) groups excluding carboxylic acids is 1. The fourth-order valence-electron chi connectivity index (χ4n) is 5.36. The van der Waals surface area contributed by atoms with Crippen LogP contribution in [0.3, 0.4) is 0 Å². The monoisotopic (exact) mass is 495 g/mol. The maximum Gasteiger partial charge on any atom is 0.250 e. The number of hydrogen-bond acceptors (Lipinski definition) is 5. The highest BCUT2D eigenvalue weighted by molar-refractivity contribution is 6.31. The first-order valence-electron chi connectivity index (χ1n) is 10.7. The van der Waals surface area contributed by atoms with Crippen molar-refractivity contribution in [3.05, 3.63) is 73.5 Å².